The van der Waals surface area contributed by atoms with Crippen molar-refractivity contribution in [3.63, 3.8) is 0 Å². The van der Waals surface area contributed by atoms with Gasteiger partial charge < -0.3 is 15.0 Å². The van der Waals surface area contributed by atoms with Gasteiger partial charge in [-0.25, -0.2) is 0 Å². The van der Waals surface area contributed by atoms with Crippen molar-refractivity contribution < 1.29 is 14.3 Å². The van der Waals surface area contributed by atoms with Gasteiger partial charge in [-0.05, 0) is 91.4 Å². The fourth-order valence-corrected chi connectivity index (χ4v) is 7.85. The first kappa shape index (κ1) is 26.4. The molecule has 39 heavy (non-hydrogen) atoms. The first-order chi connectivity index (χ1) is 19.1. The van der Waals surface area contributed by atoms with Gasteiger partial charge in [0, 0.05) is 39.1 Å². The molecular formula is C33H43N3O3. The molecule has 4 atom stereocenters. The summed E-state index contributed by atoms with van der Waals surface area (Å²) in [7, 11) is 0. The van der Waals surface area contributed by atoms with E-state index in [4.69, 9.17) is 4.74 Å². The second-order valence-corrected chi connectivity index (χ2v) is 12.5. The number of carbonyl (C=O) groups is 2. The lowest BCUT2D eigenvalue weighted by atomic mass is 9.43. The molecule has 3 aliphatic carbocycles. The summed E-state index contributed by atoms with van der Waals surface area (Å²) in [6, 6.07) is 18.5. The van der Waals surface area contributed by atoms with E-state index in [1.807, 2.05) is 35.2 Å². The van der Waals surface area contributed by atoms with Gasteiger partial charge in [0.15, 0.2) is 0 Å². The summed E-state index contributed by atoms with van der Waals surface area (Å²) in [5, 5.41) is 2.88. The summed E-state index contributed by atoms with van der Waals surface area (Å²) in [5.74, 6) is 3.80. The summed E-state index contributed by atoms with van der Waals surface area (Å²) < 4.78 is 5.98. The number of hydrogen-bond acceptors (Lipinski definition) is 4. The van der Waals surface area contributed by atoms with Crippen LogP contribution in [-0.2, 0) is 22.7 Å². The van der Waals surface area contributed by atoms with Crippen LogP contribution in [0, 0.1) is 23.2 Å². The molecule has 0 aromatic heterocycles. The molecule has 2 aromatic rings. The zero-order valence-electron chi connectivity index (χ0n) is 23.2. The maximum absolute atomic E-state index is 12.7. The van der Waals surface area contributed by atoms with Gasteiger partial charge in [-0.1, -0.05) is 42.5 Å². The Labute approximate surface area is 233 Å². The van der Waals surface area contributed by atoms with Crippen molar-refractivity contribution in [3.8, 4) is 5.75 Å². The van der Waals surface area contributed by atoms with Crippen LogP contribution in [-0.4, -0.2) is 54.3 Å². The van der Waals surface area contributed by atoms with E-state index in [1.54, 1.807) is 0 Å². The van der Waals surface area contributed by atoms with Crippen LogP contribution in [0.25, 0.3) is 0 Å². The second-order valence-electron chi connectivity index (χ2n) is 12.5. The van der Waals surface area contributed by atoms with E-state index in [9.17, 15) is 9.59 Å². The maximum atomic E-state index is 12.7. The monoisotopic (exact) mass is 529 g/mol. The standard InChI is InChI=1S/C33H43N3O3/c37-31(11-5-8-26-18-29-20-28-12-13-33(28,29)21-26)34-22-32(38)36-16-14-35(15-17-36)23-27-9-4-10-30(19-27)39-24-25-6-2-1-3-7-25/h1-4,6-7,9-10,19,26,28-29H,5,8,11-18,20-24H2,(H,34,37). The number of rotatable bonds is 11. The van der Waals surface area contributed by atoms with Crippen LogP contribution in [0.15, 0.2) is 54.6 Å². The lowest BCUT2D eigenvalue weighted by Gasteiger charge is -2.61. The molecule has 208 valence electrons. The summed E-state index contributed by atoms with van der Waals surface area (Å²) in [4.78, 5) is 29.4. The fraction of sp³-hybridized carbons (Fsp3) is 0.576. The third-order valence-electron chi connectivity index (χ3n) is 10.2. The maximum Gasteiger partial charge on any atom is 0.242 e. The van der Waals surface area contributed by atoms with Crippen molar-refractivity contribution in [1.29, 1.82) is 0 Å². The van der Waals surface area contributed by atoms with Gasteiger partial charge in [0.05, 0.1) is 6.54 Å². The van der Waals surface area contributed by atoms with Gasteiger partial charge in [0.25, 0.3) is 0 Å². The highest BCUT2D eigenvalue weighted by atomic mass is 16.5. The quantitative estimate of drug-likeness (QED) is 0.444. The van der Waals surface area contributed by atoms with Crippen LogP contribution in [0.3, 0.4) is 0 Å². The Hall–Kier alpha value is -2.86. The molecule has 2 amide bonds. The van der Waals surface area contributed by atoms with Crippen molar-refractivity contribution in [2.24, 2.45) is 23.2 Å². The zero-order chi connectivity index (χ0) is 26.7. The zero-order valence-corrected chi connectivity index (χ0v) is 23.2. The van der Waals surface area contributed by atoms with Crippen molar-refractivity contribution in [1.82, 2.24) is 15.1 Å². The minimum atomic E-state index is 0.0250. The van der Waals surface area contributed by atoms with E-state index < -0.39 is 0 Å². The van der Waals surface area contributed by atoms with Gasteiger partial charge in [0.2, 0.25) is 11.8 Å². The smallest absolute Gasteiger partial charge is 0.242 e. The fourth-order valence-electron chi connectivity index (χ4n) is 7.85. The third-order valence-corrected chi connectivity index (χ3v) is 10.2. The molecule has 1 saturated heterocycles. The normalized spacial score (nSPS) is 27.6. The SMILES string of the molecule is O=C(CCCC1CC2CC3CCC32C1)NCC(=O)N1CCN(Cc2cccc(OCc3ccccc3)c2)CC1. The molecule has 3 saturated carbocycles. The Bertz CT molecular complexity index is 1150. The van der Waals surface area contributed by atoms with E-state index in [0.717, 1.165) is 60.5 Å². The lowest BCUT2D eigenvalue weighted by molar-refractivity contribution is -0.134. The molecule has 1 heterocycles. The summed E-state index contributed by atoms with van der Waals surface area (Å²) in [5.41, 5.74) is 3.11. The van der Waals surface area contributed by atoms with E-state index in [0.29, 0.717) is 26.1 Å². The minimum Gasteiger partial charge on any atom is -0.489 e. The molecule has 6 rings (SSSR count). The number of benzene rings is 2. The topological polar surface area (TPSA) is 61.9 Å². The predicted molar refractivity (Wildman–Crippen MR) is 152 cm³/mol. The van der Waals surface area contributed by atoms with E-state index in [1.165, 1.54) is 44.1 Å². The van der Waals surface area contributed by atoms with Crippen LogP contribution < -0.4 is 10.1 Å². The third kappa shape index (κ3) is 6.01. The van der Waals surface area contributed by atoms with Crippen molar-refractivity contribution in [2.75, 3.05) is 32.7 Å². The molecule has 1 N–H and O–H groups in total. The summed E-state index contributed by atoms with van der Waals surface area (Å²) in [6.45, 7) is 4.58. The molecule has 4 unspecified atom stereocenters. The number of amides is 2. The Kier molecular flexibility index (Phi) is 7.92. The minimum absolute atomic E-state index is 0.0250. The highest BCUT2D eigenvalue weighted by Gasteiger charge is 2.63. The molecular weight excluding hydrogens is 486 g/mol. The highest BCUT2D eigenvalue weighted by molar-refractivity contribution is 5.84. The average molecular weight is 530 g/mol. The van der Waals surface area contributed by atoms with Crippen molar-refractivity contribution in [2.45, 2.75) is 64.5 Å². The van der Waals surface area contributed by atoms with Gasteiger partial charge in [-0.3, -0.25) is 14.5 Å². The molecule has 4 fully saturated rings. The van der Waals surface area contributed by atoms with Gasteiger partial charge >= 0.3 is 0 Å². The molecule has 1 spiro atoms. The summed E-state index contributed by atoms with van der Waals surface area (Å²) in [6.07, 6.45) is 9.90. The Balaban J connectivity index is 0.855. The van der Waals surface area contributed by atoms with Crippen LogP contribution in [0.2, 0.25) is 0 Å². The van der Waals surface area contributed by atoms with Gasteiger partial charge in [0.1, 0.15) is 12.4 Å². The first-order valence-corrected chi connectivity index (χ1v) is 15.1. The number of piperazine rings is 1. The molecule has 4 aliphatic rings. The average Bonchev–Trinajstić information content (AvgIpc) is 3.31. The van der Waals surface area contributed by atoms with Crippen LogP contribution in [0.5, 0.6) is 5.75 Å². The number of hydrogen-bond donors (Lipinski definition) is 1. The summed E-state index contributed by atoms with van der Waals surface area (Å²) >= 11 is 0. The molecule has 0 bridgehead atoms. The molecule has 0 radical (unpaired) electrons. The largest absolute Gasteiger partial charge is 0.489 e. The Morgan fingerprint density at radius 2 is 1.77 bits per heavy atom. The predicted octanol–water partition coefficient (Wildman–Crippen LogP) is 5.02. The van der Waals surface area contributed by atoms with E-state index >= 15 is 0 Å². The second kappa shape index (κ2) is 11.7. The molecule has 6 heteroatoms. The molecule has 1 aliphatic heterocycles. The van der Waals surface area contributed by atoms with Crippen molar-refractivity contribution in [3.05, 3.63) is 65.7 Å². The first-order valence-electron chi connectivity index (χ1n) is 15.1. The van der Waals surface area contributed by atoms with Crippen LogP contribution in [0.1, 0.15) is 62.5 Å². The molecule has 6 nitrogen and oxygen atoms in total. The number of nitrogens with zero attached hydrogens (tertiary/aromatic N) is 2. The Morgan fingerprint density at radius 1 is 0.949 bits per heavy atom. The van der Waals surface area contributed by atoms with Crippen molar-refractivity contribution >= 4 is 11.8 Å². The highest BCUT2D eigenvalue weighted by Crippen LogP contribution is 2.73. The van der Waals surface area contributed by atoms with E-state index in [2.05, 4.69) is 34.5 Å². The van der Waals surface area contributed by atoms with Gasteiger partial charge in [-0.15, -0.1) is 0 Å². The number of carbonyl (C=O) groups excluding carboxylic acids is 2. The number of ether oxygens (including phenoxy) is 1. The van der Waals surface area contributed by atoms with Crippen LogP contribution in [0.4, 0.5) is 0 Å². The molecule has 2 aromatic carbocycles. The van der Waals surface area contributed by atoms with Gasteiger partial charge in [-0.2, -0.15) is 0 Å². The number of nitrogens with one attached hydrogen (secondary N) is 1. The van der Waals surface area contributed by atoms with Crippen LogP contribution >= 0.6 is 0 Å². The Morgan fingerprint density at radius 3 is 2.51 bits per heavy atom. The lowest BCUT2D eigenvalue weighted by Crippen LogP contribution is -2.53. The van der Waals surface area contributed by atoms with E-state index in [-0.39, 0.29) is 18.4 Å².